The molecule has 2 heteroatoms. The lowest BCUT2D eigenvalue weighted by Crippen LogP contribution is -2.03. The summed E-state index contributed by atoms with van der Waals surface area (Å²) in [6, 6.07) is 23.5. The molecule has 156 valence electrons. The van der Waals surface area contributed by atoms with E-state index in [1.54, 1.807) is 0 Å². The minimum Gasteiger partial charge on any atom is -0.455 e. The monoisotopic (exact) mass is 415 g/mol. The maximum atomic E-state index is 6.23. The minimum absolute atomic E-state index is 0.951. The van der Waals surface area contributed by atoms with Crippen LogP contribution in [0.1, 0.15) is 36.8 Å². The zero-order valence-electron chi connectivity index (χ0n) is 18.0. The van der Waals surface area contributed by atoms with E-state index in [-0.39, 0.29) is 0 Å². The molecule has 6 rings (SSSR count). The van der Waals surface area contributed by atoms with Crippen LogP contribution in [0.3, 0.4) is 0 Å². The van der Waals surface area contributed by atoms with Crippen LogP contribution < -0.4 is 5.32 Å². The van der Waals surface area contributed by atoms with Crippen molar-refractivity contribution in [2.24, 2.45) is 0 Å². The van der Waals surface area contributed by atoms with Crippen molar-refractivity contribution in [1.29, 1.82) is 0 Å². The van der Waals surface area contributed by atoms with E-state index in [4.69, 9.17) is 4.42 Å². The summed E-state index contributed by atoms with van der Waals surface area (Å²) in [4.78, 5) is 0. The molecule has 2 nitrogen and oxygen atoms in total. The largest absolute Gasteiger partial charge is 0.455 e. The number of anilines is 1. The summed E-state index contributed by atoms with van der Waals surface area (Å²) < 4.78 is 6.23. The molecule has 1 heterocycles. The standard InChI is InChI=1S/C30H25NO/c1-2-7-21(8-3-1)22-13-17-24(18-14-22)31-25-19-15-23(16-20-25)26-10-6-11-28-27-9-4-5-12-29(27)32-30(26)28/h2,4-15,17-19,31H,1,3,16,20H2. The lowest BCUT2D eigenvalue weighted by Gasteiger charge is -2.17. The van der Waals surface area contributed by atoms with Crippen LogP contribution in [0.2, 0.25) is 0 Å². The van der Waals surface area contributed by atoms with Gasteiger partial charge >= 0.3 is 0 Å². The first kappa shape index (κ1) is 18.9. The van der Waals surface area contributed by atoms with E-state index in [1.165, 1.54) is 38.7 Å². The van der Waals surface area contributed by atoms with Crippen LogP contribution in [0, 0.1) is 0 Å². The third-order valence-electron chi connectivity index (χ3n) is 6.42. The summed E-state index contributed by atoms with van der Waals surface area (Å²) in [7, 11) is 0. The second-order valence-electron chi connectivity index (χ2n) is 8.51. The van der Waals surface area contributed by atoms with Crippen LogP contribution in [0.4, 0.5) is 5.69 Å². The third kappa shape index (κ3) is 3.48. The maximum Gasteiger partial charge on any atom is 0.142 e. The molecule has 0 spiro atoms. The molecule has 3 aromatic carbocycles. The van der Waals surface area contributed by atoms with Gasteiger partial charge in [0.25, 0.3) is 0 Å². The molecule has 0 saturated heterocycles. The number of nitrogens with one attached hydrogen (secondary N) is 1. The Kier molecular flexibility index (Phi) is 4.77. The fourth-order valence-corrected chi connectivity index (χ4v) is 4.72. The van der Waals surface area contributed by atoms with E-state index in [0.717, 1.165) is 42.5 Å². The number of allylic oxidation sites excluding steroid dienone is 8. The van der Waals surface area contributed by atoms with E-state index in [1.807, 2.05) is 12.1 Å². The fraction of sp³-hybridized carbons (Fsp3) is 0.133. The molecule has 32 heavy (non-hydrogen) atoms. The quantitative estimate of drug-likeness (QED) is 0.361. The van der Waals surface area contributed by atoms with Gasteiger partial charge in [-0.25, -0.2) is 0 Å². The SMILES string of the molecule is C1=CC(c2ccc(NC3=CC=C(c4cccc5c4oc4ccccc45)CC3)cc2)=CCC1. The lowest BCUT2D eigenvalue weighted by atomic mass is 9.94. The highest BCUT2D eigenvalue weighted by Crippen LogP contribution is 2.36. The molecular formula is C30H25NO. The van der Waals surface area contributed by atoms with Gasteiger partial charge in [-0.05, 0) is 66.7 Å². The van der Waals surface area contributed by atoms with Crippen molar-refractivity contribution in [2.75, 3.05) is 5.32 Å². The van der Waals surface area contributed by atoms with Gasteiger partial charge in [0, 0.05) is 27.7 Å². The molecule has 0 aliphatic heterocycles. The molecule has 0 amide bonds. The number of benzene rings is 3. The lowest BCUT2D eigenvalue weighted by molar-refractivity contribution is 0.667. The van der Waals surface area contributed by atoms with E-state index in [0.29, 0.717) is 0 Å². The predicted octanol–water partition coefficient (Wildman–Crippen LogP) is 8.49. The Hall–Kier alpha value is -3.78. The van der Waals surface area contributed by atoms with E-state index in [9.17, 15) is 0 Å². The summed E-state index contributed by atoms with van der Waals surface area (Å²) in [6.07, 6.45) is 15.5. The predicted molar refractivity (Wildman–Crippen MR) is 135 cm³/mol. The van der Waals surface area contributed by atoms with Crippen LogP contribution in [-0.2, 0) is 0 Å². The van der Waals surface area contributed by atoms with E-state index in [2.05, 4.69) is 90.3 Å². The first-order valence-electron chi connectivity index (χ1n) is 11.4. The number of hydrogen-bond donors (Lipinski definition) is 1. The van der Waals surface area contributed by atoms with Crippen molar-refractivity contribution < 1.29 is 4.42 Å². The zero-order valence-corrected chi connectivity index (χ0v) is 18.0. The third-order valence-corrected chi connectivity index (χ3v) is 6.42. The Bertz CT molecular complexity index is 1430. The van der Waals surface area contributed by atoms with Gasteiger partial charge in [0.15, 0.2) is 0 Å². The van der Waals surface area contributed by atoms with Gasteiger partial charge in [-0.2, -0.15) is 0 Å². The van der Waals surface area contributed by atoms with Gasteiger partial charge in [-0.3, -0.25) is 0 Å². The van der Waals surface area contributed by atoms with E-state index >= 15 is 0 Å². The van der Waals surface area contributed by atoms with Crippen LogP contribution in [-0.4, -0.2) is 0 Å². The second-order valence-corrected chi connectivity index (χ2v) is 8.51. The normalized spacial score (nSPS) is 16.1. The van der Waals surface area contributed by atoms with Crippen molar-refractivity contribution in [2.45, 2.75) is 25.7 Å². The molecule has 4 aromatic rings. The molecule has 0 unspecified atom stereocenters. The van der Waals surface area contributed by atoms with Gasteiger partial charge in [0.1, 0.15) is 11.2 Å². The van der Waals surface area contributed by atoms with Gasteiger partial charge in [-0.1, -0.05) is 72.8 Å². The van der Waals surface area contributed by atoms with Crippen molar-refractivity contribution >= 4 is 38.8 Å². The molecule has 2 aliphatic carbocycles. The fourth-order valence-electron chi connectivity index (χ4n) is 4.72. The first-order chi connectivity index (χ1) is 15.8. The molecule has 0 bridgehead atoms. The molecule has 1 N–H and O–H groups in total. The number of fused-ring (bicyclic) bond motifs is 3. The summed E-state index contributed by atoms with van der Waals surface area (Å²) in [6.45, 7) is 0. The van der Waals surface area contributed by atoms with Crippen LogP contribution >= 0.6 is 0 Å². The molecular weight excluding hydrogens is 390 g/mol. The highest BCUT2D eigenvalue weighted by molar-refractivity contribution is 6.08. The molecule has 2 aliphatic rings. The van der Waals surface area contributed by atoms with Crippen molar-refractivity contribution in [1.82, 2.24) is 0 Å². The Labute approximate surface area is 188 Å². The van der Waals surface area contributed by atoms with Gasteiger partial charge in [0.05, 0.1) is 0 Å². The smallest absolute Gasteiger partial charge is 0.142 e. The van der Waals surface area contributed by atoms with Crippen molar-refractivity contribution in [3.05, 3.63) is 114 Å². The van der Waals surface area contributed by atoms with Crippen LogP contribution in [0.5, 0.6) is 0 Å². The summed E-state index contributed by atoms with van der Waals surface area (Å²) in [5.41, 5.74) is 9.46. The number of furan rings is 1. The van der Waals surface area contributed by atoms with E-state index < -0.39 is 0 Å². The van der Waals surface area contributed by atoms with Crippen LogP contribution in [0.15, 0.2) is 107 Å². The molecule has 0 radical (unpaired) electrons. The number of para-hydroxylation sites is 2. The first-order valence-corrected chi connectivity index (χ1v) is 11.4. The van der Waals surface area contributed by atoms with Crippen molar-refractivity contribution in [3.63, 3.8) is 0 Å². The molecule has 0 atom stereocenters. The average Bonchev–Trinajstić information content (AvgIpc) is 3.25. The number of hydrogen-bond acceptors (Lipinski definition) is 2. The topological polar surface area (TPSA) is 25.2 Å². The van der Waals surface area contributed by atoms with Gasteiger partial charge in [-0.15, -0.1) is 0 Å². The van der Waals surface area contributed by atoms with Crippen LogP contribution in [0.25, 0.3) is 33.1 Å². The Morgan fingerprint density at radius 2 is 1.62 bits per heavy atom. The highest BCUT2D eigenvalue weighted by atomic mass is 16.3. The summed E-state index contributed by atoms with van der Waals surface area (Å²) in [5.74, 6) is 0. The average molecular weight is 416 g/mol. The van der Waals surface area contributed by atoms with Gasteiger partial charge in [0.2, 0.25) is 0 Å². The summed E-state index contributed by atoms with van der Waals surface area (Å²) >= 11 is 0. The maximum absolute atomic E-state index is 6.23. The number of rotatable bonds is 4. The highest BCUT2D eigenvalue weighted by Gasteiger charge is 2.15. The second kappa shape index (κ2) is 8.05. The Morgan fingerprint density at radius 1 is 0.750 bits per heavy atom. The zero-order chi connectivity index (χ0) is 21.3. The Balaban J connectivity index is 1.24. The van der Waals surface area contributed by atoms with Crippen molar-refractivity contribution in [3.8, 4) is 0 Å². The minimum atomic E-state index is 0.951. The molecule has 0 saturated carbocycles. The van der Waals surface area contributed by atoms with Gasteiger partial charge < -0.3 is 9.73 Å². The molecule has 0 fully saturated rings. The summed E-state index contributed by atoms with van der Waals surface area (Å²) in [5, 5.41) is 5.97. The Morgan fingerprint density at radius 3 is 2.44 bits per heavy atom. The molecule has 1 aromatic heterocycles.